The van der Waals surface area contributed by atoms with E-state index >= 15 is 0 Å². The number of anilines is 1. The molecule has 0 saturated carbocycles. The van der Waals surface area contributed by atoms with Gasteiger partial charge in [-0.1, -0.05) is 22.0 Å². The molecule has 0 atom stereocenters. The van der Waals surface area contributed by atoms with Crippen LogP contribution in [-0.2, 0) is 11.3 Å². The summed E-state index contributed by atoms with van der Waals surface area (Å²) in [6.07, 6.45) is 0. The molecule has 21 heavy (non-hydrogen) atoms. The van der Waals surface area contributed by atoms with Gasteiger partial charge < -0.3 is 10.5 Å². The number of nitrogens with two attached hydrogens (primary N) is 1. The van der Waals surface area contributed by atoms with E-state index in [9.17, 15) is 18.0 Å². The molecule has 2 rings (SSSR count). The molecule has 0 aromatic heterocycles. The number of halogens is 4. The third kappa shape index (κ3) is 3.55. The van der Waals surface area contributed by atoms with E-state index < -0.39 is 23.4 Å². The van der Waals surface area contributed by atoms with Gasteiger partial charge >= 0.3 is 5.97 Å². The third-order valence-electron chi connectivity index (χ3n) is 2.69. The van der Waals surface area contributed by atoms with E-state index in [-0.39, 0.29) is 17.9 Å². The standard InChI is InChI=1S/C14H9BrF3NO2/c15-10-3-8(16)2-1-7(10)6-21-14(20)9-4-11(17)12(18)5-13(9)19/h1-5H,6,19H2. The topological polar surface area (TPSA) is 52.3 Å². The van der Waals surface area contributed by atoms with Crippen LogP contribution in [-0.4, -0.2) is 5.97 Å². The first-order valence-electron chi connectivity index (χ1n) is 5.74. The lowest BCUT2D eigenvalue weighted by molar-refractivity contribution is 0.0472. The number of rotatable bonds is 3. The van der Waals surface area contributed by atoms with Gasteiger partial charge in [-0.25, -0.2) is 18.0 Å². The number of benzene rings is 2. The highest BCUT2D eigenvalue weighted by Gasteiger charge is 2.16. The smallest absolute Gasteiger partial charge is 0.340 e. The Morgan fingerprint density at radius 3 is 2.48 bits per heavy atom. The lowest BCUT2D eigenvalue weighted by Crippen LogP contribution is -2.10. The van der Waals surface area contributed by atoms with Gasteiger partial charge in [-0.3, -0.25) is 0 Å². The molecule has 0 aliphatic rings. The predicted octanol–water partition coefficient (Wildman–Crippen LogP) is 3.81. The number of nitrogen functional groups attached to an aromatic ring is 1. The maximum Gasteiger partial charge on any atom is 0.340 e. The van der Waals surface area contributed by atoms with E-state index in [1.165, 1.54) is 18.2 Å². The zero-order valence-corrected chi connectivity index (χ0v) is 12.1. The van der Waals surface area contributed by atoms with Gasteiger partial charge in [0.2, 0.25) is 0 Å². The molecule has 0 aliphatic carbocycles. The Bertz CT molecular complexity index is 707. The normalized spacial score (nSPS) is 10.5. The minimum atomic E-state index is -1.20. The van der Waals surface area contributed by atoms with Gasteiger partial charge in [0.15, 0.2) is 11.6 Å². The fourth-order valence-corrected chi connectivity index (χ4v) is 2.06. The molecule has 0 spiro atoms. The molecule has 0 heterocycles. The molecular weight excluding hydrogens is 351 g/mol. The number of hydrogen-bond donors (Lipinski definition) is 1. The van der Waals surface area contributed by atoms with Crippen molar-refractivity contribution < 1.29 is 22.7 Å². The van der Waals surface area contributed by atoms with Crippen LogP contribution < -0.4 is 5.73 Å². The molecule has 0 saturated heterocycles. The number of hydrogen-bond acceptors (Lipinski definition) is 3. The largest absolute Gasteiger partial charge is 0.457 e. The van der Waals surface area contributed by atoms with Gasteiger partial charge in [0.1, 0.15) is 12.4 Å². The molecule has 0 fully saturated rings. The molecule has 110 valence electrons. The maximum absolute atomic E-state index is 13.1. The van der Waals surface area contributed by atoms with E-state index in [4.69, 9.17) is 10.5 Å². The molecule has 0 bridgehead atoms. The van der Waals surface area contributed by atoms with Gasteiger partial charge in [-0.05, 0) is 18.2 Å². The number of esters is 1. The summed E-state index contributed by atoms with van der Waals surface area (Å²) in [6, 6.07) is 5.24. The van der Waals surface area contributed by atoms with Gasteiger partial charge in [-0.2, -0.15) is 0 Å². The summed E-state index contributed by atoms with van der Waals surface area (Å²) in [5.41, 5.74) is 5.47. The Hall–Kier alpha value is -2.02. The number of carbonyl (C=O) groups is 1. The van der Waals surface area contributed by atoms with Crippen LogP contribution in [0.25, 0.3) is 0 Å². The van der Waals surface area contributed by atoms with Crippen LogP contribution in [0.3, 0.4) is 0 Å². The van der Waals surface area contributed by atoms with Gasteiger partial charge in [0.05, 0.1) is 5.56 Å². The summed E-state index contributed by atoms with van der Waals surface area (Å²) in [4.78, 5) is 11.8. The second kappa shape index (κ2) is 6.17. The Balaban J connectivity index is 2.13. The SMILES string of the molecule is Nc1cc(F)c(F)cc1C(=O)OCc1ccc(F)cc1Br. The highest BCUT2D eigenvalue weighted by Crippen LogP contribution is 2.21. The minimum absolute atomic E-state index is 0.169. The van der Waals surface area contributed by atoms with E-state index in [0.29, 0.717) is 22.2 Å². The molecule has 0 amide bonds. The average molecular weight is 360 g/mol. The Morgan fingerprint density at radius 2 is 1.81 bits per heavy atom. The first-order chi connectivity index (χ1) is 9.88. The highest BCUT2D eigenvalue weighted by molar-refractivity contribution is 9.10. The monoisotopic (exact) mass is 359 g/mol. The Kier molecular flexibility index (Phi) is 4.52. The van der Waals surface area contributed by atoms with Crippen LogP contribution in [0.2, 0.25) is 0 Å². The zero-order valence-electron chi connectivity index (χ0n) is 10.5. The van der Waals surface area contributed by atoms with Crippen molar-refractivity contribution in [2.24, 2.45) is 0 Å². The van der Waals surface area contributed by atoms with E-state index in [0.717, 1.165) is 0 Å². The molecular formula is C14H9BrF3NO2. The molecule has 7 heteroatoms. The van der Waals surface area contributed by atoms with E-state index in [2.05, 4.69) is 15.9 Å². The number of ether oxygens (including phenoxy) is 1. The summed E-state index contributed by atoms with van der Waals surface area (Å²) in [7, 11) is 0. The molecule has 2 aromatic carbocycles. The van der Waals surface area contributed by atoms with Crippen LogP contribution >= 0.6 is 15.9 Å². The van der Waals surface area contributed by atoms with Crippen molar-refractivity contribution in [2.75, 3.05) is 5.73 Å². The summed E-state index contributed by atoms with van der Waals surface area (Å²) in [5, 5.41) is 0. The van der Waals surface area contributed by atoms with Crippen LogP contribution in [0.5, 0.6) is 0 Å². The molecule has 0 radical (unpaired) electrons. The average Bonchev–Trinajstić information content (AvgIpc) is 2.41. The van der Waals surface area contributed by atoms with Crippen molar-refractivity contribution in [3.8, 4) is 0 Å². The summed E-state index contributed by atoms with van der Waals surface area (Å²) < 4.78 is 44.3. The summed E-state index contributed by atoms with van der Waals surface area (Å²) >= 11 is 3.12. The Labute approximate surface area is 126 Å². The quantitative estimate of drug-likeness (QED) is 0.669. The van der Waals surface area contributed by atoms with Crippen LogP contribution in [0.4, 0.5) is 18.9 Å². The maximum atomic E-state index is 13.1. The first kappa shape index (κ1) is 15.4. The van der Waals surface area contributed by atoms with Crippen molar-refractivity contribution >= 4 is 27.6 Å². The lowest BCUT2D eigenvalue weighted by atomic mass is 10.1. The van der Waals surface area contributed by atoms with Crippen molar-refractivity contribution in [1.29, 1.82) is 0 Å². The van der Waals surface area contributed by atoms with E-state index in [1.54, 1.807) is 0 Å². The lowest BCUT2D eigenvalue weighted by Gasteiger charge is -2.09. The molecule has 2 aromatic rings. The highest BCUT2D eigenvalue weighted by atomic mass is 79.9. The van der Waals surface area contributed by atoms with Crippen molar-refractivity contribution in [1.82, 2.24) is 0 Å². The van der Waals surface area contributed by atoms with Gasteiger partial charge in [0, 0.05) is 21.8 Å². The number of carbonyl (C=O) groups excluding carboxylic acids is 1. The Morgan fingerprint density at radius 1 is 1.14 bits per heavy atom. The predicted molar refractivity (Wildman–Crippen MR) is 74.0 cm³/mol. The molecule has 3 nitrogen and oxygen atoms in total. The summed E-state index contributed by atoms with van der Waals surface area (Å²) in [5.74, 6) is -3.69. The van der Waals surface area contributed by atoms with Crippen molar-refractivity contribution in [3.05, 3.63) is 63.4 Å². The van der Waals surface area contributed by atoms with Crippen molar-refractivity contribution in [3.63, 3.8) is 0 Å². The summed E-state index contributed by atoms with van der Waals surface area (Å²) in [6.45, 7) is -0.169. The minimum Gasteiger partial charge on any atom is -0.457 e. The van der Waals surface area contributed by atoms with Crippen LogP contribution in [0.1, 0.15) is 15.9 Å². The van der Waals surface area contributed by atoms with Crippen LogP contribution in [0, 0.1) is 17.5 Å². The van der Waals surface area contributed by atoms with E-state index in [1.807, 2.05) is 0 Å². The molecule has 0 unspecified atom stereocenters. The second-order valence-electron chi connectivity index (χ2n) is 4.17. The third-order valence-corrected chi connectivity index (χ3v) is 3.42. The van der Waals surface area contributed by atoms with Gasteiger partial charge in [0.25, 0.3) is 0 Å². The van der Waals surface area contributed by atoms with Crippen molar-refractivity contribution in [2.45, 2.75) is 6.61 Å². The zero-order chi connectivity index (χ0) is 15.6. The second-order valence-corrected chi connectivity index (χ2v) is 5.02. The van der Waals surface area contributed by atoms with Crippen LogP contribution in [0.15, 0.2) is 34.8 Å². The fraction of sp³-hybridized carbons (Fsp3) is 0.0714. The fourth-order valence-electron chi connectivity index (χ4n) is 1.60. The molecule has 2 N–H and O–H groups in total. The first-order valence-corrected chi connectivity index (χ1v) is 6.53. The molecule has 0 aliphatic heterocycles. The van der Waals surface area contributed by atoms with Gasteiger partial charge in [-0.15, -0.1) is 0 Å².